The van der Waals surface area contributed by atoms with E-state index >= 15 is 0 Å². The molecule has 1 aromatic carbocycles. The van der Waals surface area contributed by atoms with Gasteiger partial charge in [-0.15, -0.1) is 0 Å². The van der Waals surface area contributed by atoms with E-state index in [0.717, 1.165) is 17.9 Å². The van der Waals surface area contributed by atoms with Crippen molar-refractivity contribution >= 4 is 11.6 Å². The Labute approximate surface area is 119 Å². The Morgan fingerprint density at radius 2 is 2.10 bits per heavy atom. The predicted octanol–water partition coefficient (Wildman–Crippen LogP) is 1.64. The molecule has 0 aromatic heterocycles. The van der Waals surface area contributed by atoms with Gasteiger partial charge < -0.3 is 10.5 Å². The summed E-state index contributed by atoms with van der Waals surface area (Å²) in [6.45, 7) is 3.56. The van der Waals surface area contributed by atoms with Gasteiger partial charge in [-0.05, 0) is 32.0 Å². The van der Waals surface area contributed by atoms with Crippen molar-refractivity contribution in [2.75, 3.05) is 19.7 Å². The van der Waals surface area contributed by atoms with E-state index in [1.165, 1.54) is 0 Å². The van der Waals surface area contributed by atoms with E-state index in [2.05, 4.69) is 5.10 Å². The lowest BCUT2D eigenvalue weighted by Gasteiger charge is -2.14. The normalized spacial score (nSPS) is 18.3. The maximum atomic E-state index is 12.1. The molecular weight excluding hydrogens is 254 g/mol. The average Bonchev–Trinajstić information content (AvgIpc) is 2.73. The van der Waals surface area contributed by atoms with Gasteiger partial charge in [-0.3, -0.25) is 4.79 Å². The lowest BCUT2D eigenvalue weighted by molar-refractivity contribution is -0.131. The van der Waals surface area contributed by atoms with Crippen LogP contribution >= 0.6 is 0 Å². The molecule has 1 unspecified atom stereocenters. The maximum absolute atomic E-state index is 12.1. The van der Waals surface area contributed by atoms with Crippen molar-refractivity contribution in [3.63, 3.8) is 0 Å². The lowest BCUT2D eigenvalue weighted by atomic mass is 10.0. The molecule has 108 valence electrons. The number of benzene rings is 1. The zero-order valence-electron chi connectivity index (χ0n) is 11.8. The molecule has 5 heteroatoms. The van der Waals surface area contributed by atoms with Gasteiger partial charge in [0.15, 0.2) is 0 Å². The van der Waals surface area contributed by atoms with Crippen LogP contribution in [0.4, 0.5) is 0 Å². The number of hydrogen-bond donors (Lipinski definition) is 1. The van der Waals surface area contributed by atoms with Gasteiger partial charge in [0.1, 0.15) is 5.75 Å². The van der Waals surface area contributed by atoms with Crippen molar-refractivity contribution in [3.8, 4) is 5.75 Å². The standard InChI is InChI=1S/C15H21N3O2/c1-12-14(8-9-16)15(19)18(17-12)10-5-11-20-13-6-3-2-4-7-13/h2-4,6-7,14H,5,8-11,16H2,1H3. The number of carbonyl (C=O) groups is 1. The van der Waals surface area contributed by atoms with Crippen molar-refractivity contribution < 1.29 is 9.53 Å². The molecule has 0 aliphatic carbocycles. The summed E-state index contributed by atoms with van der Waals surface area (Å²) in [6, 6.07) is 9.65. The fourth-order valence-corrected chi connectivity index (χ4v) is 2.25. The zero-order chi connectivity index (χ0) is 14.4. The minimum Gasteiger partial charge on any atom is -0.494 e. The largest absolute Gasteiger partial charge is 0.494 e. The fourth-order valence-electron chi connectivity index (χ4n) is 2.25. The summed E-state index contributed by atoms with van der Waals surface area (Å²) >= 11 is 0. The van der Waals surface area contributed by atoms with Crippen LogP contribution in [-0.4, -0.2) is 36.3 Å². The van der Waals surface area contributed by atoms with Gasteiger partial charge in [-0.25, -0.2) is 5.01 Å². The monoisotopic (exact) mass is 275 g/mol. The molecule has 1 aromatic rings. The highest BCUT2D eigenvalue weighted by molar-refractivity contribution is 6.06. The number of hydrogen-bond acceptors (Lipinski definition) is 4. The Kier molecular flexibility index (Phi) is 5.12. The summed E-state index contributed by atoms with van der Waals surface area (Å²) in [7, 11) is 0. The summed E-state index contributed by atoms with van der Waals surface area (Å²) in [5.41, 5.74) is 6.38. The summed E-state index contributed by atoms with van der Waals surface area (Å²) in [4.78, 5) is 12.1. The molecule has 0 spiro atoms. The number of amides is 1. The molecule has 0 fully saturated rings. The molecule has 20 heavy (non-hydrogen) atoms. The van der Waals surface area contributed by atoms with E-state index < -0.39 is 0 Å². The van der Waals surface area contributed by atoms with Crippen LogP contribution in [0.3, 0.4) is 0 Å². The average molecular weight is 275 g/mol. The summed E-state index contributed by atoms with van der Waals surface area (Å²) in [5, 5.41) is 5.85. The van der Waals surface area contributed by atoms with E-state index in [0.29, 0.717) is 26.1 Å². The van der Waals surface area contributed by atoms with E-state index in [9.17, 15) is 4.79 Å². The molecule has 0 radical (unpaired) electrons. The molecule has 0 saturated carbocycles. The summed E-state index contributed by atoms with van der Waals surface area (Å²) in [5.74, 6) is 0.781. The molecule has 2 N–H and O–H groups in total. The van der Waals surface area contributed by atoms with Crippen LogP contribution in [0.15, 0.2) is 35.4 Å². The topological polar surface area (TPSA) is 67.9 Å². The Morgan fingerprint density at radius 1 is 1.35 bits per heavy atom. The van der Waals surface area contributed by atoms with Gasteiger partial charge in [0.25, 0.3) is 5.91 Å². The Bertz CT molecular complexity index is 473. The first-order chi connectivity index (χ1) is 9.72. The minimum absolute atomic E-state index is 0.0626. The van der Waals surface area contributed by atoms with Gasteiger partial charge >= 0.3 is 0 Å². The number of nitrogens with zero attached hydrogens (tertiary/aromatic N) is 2. The van der Waals surface area contributed by atoms with Crippen LogP contribution in [0.25, 0.3) is 0 Å². The molecule has 2 rings (SSSR count). The second-order valence-corrected chi connectivity index (χ2v) is 4.85. The van der Waals surface area contributed by atoms with Gasteiger partial charge in [0, 0.05) is 18.7 Å². The van der Waals surface area contributed by atoms with Crippen molar-refractivity contribution in [3.05, 3.63) is 30.3 Å². The van der Waals surface area contributed by atoms with Crippen LogP contribution in [-0.2, 0) is 4.79 Å². The van der Waals surface area contributed by atoms with Crippen LogP contribution in [0.5, 0.6) is 5.75 Å². The Balaban J connectivity index is 1.74. The van der Waals surface area contributed by atoms with Crippen molar-refractivity contribution in [1.29, 1.82) is 0 Å². The lowest BCUT2D eigenvalue weighted by Crippen LogP contribution is -2.30. The maximum Gasteiger partial charge on any atom is 0.251 e. The second kappa shape index (κ2) is 7.05. The highest BCUT2D eigenvalue weighted by atomic mass is 16.5. The molecule has 0 bridgehead atoms. The quantitative estimate of drug-likeness (QED) is 0.769. The third-order valence-corrected chi connectivity index (χ3v) is 3.32. The van der Waals surface area contributed by atoms with Crippen LogP contribution in [0.1, 0.15) is 19.8 Å². The zero-order valence-corrected chi connectivity index (χ0v) is 11.8. The van der Waals surface area contributed by atoms with E-state index in [1.807, 2.05) is 37.3 Å². The minimum atomic E-state index is -0.130. The van der Waals surface area contributed by atoms with Crippen molar-refractivity contribution in [1.82, 2.24) is 5.01 Å². The van der Waals surface area contributed by atoms with Gasteiger partial charge in [-0.2, -0.15) is 5.10 Å². The molecule has 1 aliphatic rings. The van der Waals surface area contributed by atoms with E-state index in [-0.39, 0.29) is 11.8 Å². The van der Waals surface area contributed by atoms with Gasteiger partial charge in [0.05, 0.1) is 12.5 Å². The molecule has 5 nitrogen and oxygen atoms in total. The smallest absolute Gasteiger partial charge is 0.251 e. The highest BCUT2D eigenvalue weighted by Gasteiger charge is 2.32. The molecule has 0 saturated heterocycles. The molecule has 1 amide bonds. The number of para-hydroxylation sites is 1. The number of ether oxygens (including phenoxy) is 1. The summed E-state index contributed by atoms with van der Waals surface area (Å²) in [6.07, 6.45) is 1.43. The number of rotatable bonds is 7. The Hall–Kier alpha value is -1.88. The highest BCUT2D eigenvalue weighted by Crippen LogP contribution is 2.18. The number of hydrazone groups is 1. The van der Waals surface area contributed by atoms with E-state index in [4.69, 9.17) is 10.5 Å². The second-order valence-electron chi connectivity index (χ2n) is 4.85. The first kappa shape index (κ1) is 14.5. The molecular formula is C15H21N3O2. The fraction of sp³-hybridized carbons (Fsp3) is 0.467. The number of nitrogens with two attached hydrogens (primary N) is 1. The first-order valence-corrected chi connectivity index (χ1v) is 6.96. The van der Waals surface area contributed by atoms with Crippen LogP contribution in [0.2, 0.25) is 0 Å². The third kappa shape index (κ3) is 3.57. The molecule has 1 aliphatic heterocycles. The molecule has 1 atom stereocenters. The molecule has 1 heterocycles. The van der Waals surface area contributed by atoms with E-state index in [1.54, 1.807) is 5.01 Å². The van der Waals surface area contributed by atoms with Gasteiger partial charge in [-0.1, -0.05) is 18.2 Å². The van der Waals surface area contributed by atoms with Crippen LogP contribution in [0, 0.1) is 5.92 Å². The number of carbonyl (C=O) groups excluding carboxylic acids is 1. The third-order valence-electron chi connectivity index (χ3n) is 3.32. The van der Waals surface area contributed by atoms with Crippen molar-refractivity contribution in [2.24, 2.45) is 16.8 Å². The first-order valence-electron chi connectivity index (χ1n) is 6.96. The predicted molar refractivity (Wildman–Crippen MR) is 78.5 cm³/mol. The Morgan fingerprint density at radius 3 is 2.80 bits per heavy atom. The van der Waals surface area contributed by atoms with Gasteiger partial charge in [0.2, 0.25) is 0 Å². The SMILES string of the molecule is CC1=NN(CCCOc2ccccc2)C(=O)C1CCN. The van der Waals surface area contributed by atoms with Crippen LogP contribution < -0.4 is 10.5 Å². The summed E-state index contributed by atoms with van der Waals surface area (Å²) < 4.78 is 5.60. The van der Waals surface area contributed by atoms with Crippen molar-refractivity contribution in [2.45, 2.75) is 19.8 Å².